The smallest absolute Gasteiger partial charge is 0.272 e. The van der Waals surface area contributed by atoms with Crippen LogP contribution in [0.2, 0.25) is 0 Å². The minimum atomic E-state index is -0.776. The lowest BCUT2D eigenvalue weighted by Crippen LogP contribution is -2.05. The van der Waals surface area contributed by atoms with E-state index in [1.807, 2.05) is 0 Å². The Morgan fingerprint density at radius 1 is 1.44 bits per heavy atom. The van der Waals surface area contributed by atoms with Crippen molar-refractivity contribution in [3.8, 4) is 0 Å². The number of non-ortho nitro benzene ring substituents is 1. The average Bonchev–Trinajstić information content (AvgIpc) is 2.37. The summed E-state index contributed by atoms with van der Waals surface area (Å²) in [5.74, 6) is -0.776. The highest BCUT2D eigenvalue weighted by Crippen LogP contribution is 2.22. The molecule has 0 aliphatic rings. The number of rotatable bonds is 3. The summed E-state index contributed by atoms with van der Waals surface area (Å²) >= 11 is 0. The number of fused-ring (bicyclic) bond motifs is 1. The molecule has 0 bridgehead atoms. The highest BCUT2D eigenvalue weighted by molar-refractivity contribution is 6.32. The minimum Gasteiger partial charge on any atom is -0.294 e. The number of nitro benzene ring substituents is 1. The normalized spacial score (nSPS) is 10.3. The molecule has 7 heteroatoms. The van der Waals surface area contributed by atoms with Crippen LogP contribution >= 0.6 is 0 Å². The summed E-state index contributed by atoms with van der Waals surface area (Å²) in [5, 5.41) is 10.7. The highest BCUT2D eigenvalue weighted by atomic mass is 16.6. The Morgan fingerprint density at radius 3 is 2.78 bits per heavy atom. The molecule has 0 unspecified atom stereocenters. The summed E-state index contributed by atoms with van der Waals surface area (Å²) in [6.45, 7) is 1.62. The molecule has 0 radical (unpaired) electrons. The van der Waals surface area contributed by atoms with Crippen LogP contribution in [0, 0.1) is 17.0 Å². The first-order chi connectivity index (χ1) is 8.52. The van der Waals surface area contributed by atoms with E-state index in [0.717, 1.165) is 6.20 Å². The van der Waals surface area contributed by atoms with Crippen LogP contribution in [0.25, 0.3) is 11.0 Å². The van der Waals surface area contributed by atoms with E-state index in [-0.39, 0.29) is 17.7 Å². The van der Waals surface area contributed by atoms with Gasteiger partial charge in [-0.25, -0.2) is 4.98 Å². The molecule has 0 spiro atoms. The van der Waals surface area contributed by atoms with Gasteiger partial charge in [0.2, 0.25) is 5.78 Å². The molecule has 1 heterocycles. The van der Waals surface area contributed by atoms with Crippen molar-refractivity contribution >= 4 is 28.8 Å². The number of hydrogen-bond donors (Lipinski definition) is 0. The SMILES string of the molecule is Cc1cc([N+](=O)[O-])cc2ncc(C(=O)C=O)nc12. The van der Waals surface area contributed by atoms with Crippen LogP contribution in [0.3, 0.4) is 0 Å². The molecular formula is C11H7N3O4. The van der Waals surface area contributed by atoms with Crippen molar-refractivity contribution in [2.45, 2.75) is 6.92 Å². The van der Waals surface area contributed by atoms with E-state index >= 15 is 0 Å². The van der Waals surface area contributed by atoms with Gasteiger partial charge >= 0.3 is 0 Å². The second-order valence-electron chi connectivity index (χ2n) is 3.62. The molecule has 0 saturated carbocycles. The van der Waals surface area contributed by atoms with E-state index in [2.05, 4.69) is 9.97 Å². The van der Waals surface area contributed by atoms with Crippen molar-refractivity contribution in [2.24, 2.45) is 0 Å². The average molecular weight is 245 g/mol. The molecule has 1 aromatic heterocycles. The van der Waals surface area contributed by atoms with E-state index in [9.17, 15) is 19.7 Å². The van der Waals surface area contributed by atoms with Crippen molar-refractivity contribution in [3.05, 3.63) is 39.7 Å². The summed E-state index contributed by atoms with van der Waals surface area (Å²) in [4.78, 5) is 39.6. The molecule has 0 aliphatic heterocycles. The molecule has 0 saturated heterocycles. The quantitative estimate of drug-likeness (QED) is 0.265. The molecular weight excluding hydrogens is 238 g/mol. The maximum Gasteiger partial charge on any atom is 0.272 e. The van der Waals surface area contributed by atoms with Crippen molar-refractivity contribution in [1.82, 2.24) is 9.97 Å². The number of nitro groups is 1. The van der Waals surface area contributed by atoms with Crippen molar-refractivity contribution in [3.63, 3.8) is 0 Å². The van der Waals surface area contributed by atoms with Crippen LogP contribution in [0.5, 0.6) is 0 Å². The standard InChI is InChI=1S/C11H7N3O4/c1-6-2-7(14(17)18)3-8-11(6)13-9(4-12-8)10(16)5-15/h2-5H,1H3. The molecule has 0 aliphatic carbocycles. The Balaban J connectivity index is 2.68. The van der Waals surface area contributed by atoms with Gasteiger partial charge in [0.05, 0.1) is 22.2 Å². The summed E-state index contributed by atoms with van der Waals surface area (Å²) < 4.78 is 0. The number of aromatic nitrogens is 2. The van der Waals surface area contributed by atoms with Gasteiger partial charge in [0, 0.05) is 12.1 Å². The Labute approximate surface area is 101 Å². The van der Waals surface area contributed by atoms with Crippen LogP contribution in [0.1, 0.15) is 16.1 Å². The molecule has 2 aromatic rings. The Kier molecular flexibility index (Phi) is 2.80. The number of benzene rings is 1. The summed E-state index contributed by atoms with van der Waals surface area (Å²) in [5.41, 5.74) is 1.03. The van der Waals surface area contributed by atoms with Gasteiger partial charge in [-0.3, -0.25) is 24.7 Å². The Hall–Kier alpha value is -2.70. The fourth-order valence-corrected chi connectivity index (χ4v) is 1.55. The van der Waals surface area contributed by atoms with Crippen molar-refractivity contribution < 1.29 is 14.5 Å². The zero-order chi connectivity index (χ0) is 13.3. The molecule has 7 nitrogen and oxygen atoms in total. The second kappa shape index (κ2) is 4.28. The lowest BCUT2D eigenvalue weighted by molar-refractivity contribution is -0.384. The van der Waals surface area contributed by atoms with E-state index in [4.69, 9.17) is 0 Å². The Bertz CT molecular complexity index is 681. The van der Waals surface area contributed by atoms with Crippen LogP contribution in [0.4, 0.5) is 5.69 Å². The summed E-state index contributed by atoms with van der Waals surface area (Å²) in [6, 6.07) is 2.61. The fraction of sp³-hybridized carbons (Fsp3) is 0.0909. The zero-order valence-electron chi connectivity index (χ0n) is 9.28. The zero-order valence-corrected chi connectivity index (χ0v) is 9.28. The first-order valence-corrected chi connectivity index (χ1v) is 4.94. The minimum absolute atomic E-state index is 0.0746. The highest BCUT2D eigenvalue weighted by Gasteiger charge is 2.13. The largest absolute Gasteiger partial charge is 0.294 e. The van der Waals surface area contributed by atoms with Gasteiger partial charge in [0.15, 0.2) is 6.29 Å². The molecule has 2 rings (SSSR count). The first kappa shape index (κ1) is 11.8. The van der Waals surface area contributed by atoms with Crippen LogP contribution in [-0.4, -0.2) is 27.0 Å². The monoisotopic (exact) mass is 245 g/mol. The molecule has 18 heavy (non-hydrogen) atoms. The number of ketones is 1. The molecule has 0 atom stereocenters. The molecule has 90 valence electrons. The third kappa shape index (κ3) is 1.93. The lowest BCUT2D eigenvalue weighted by atomic mass is 10.1. The summed E-state index contributed by atoms with van der Waals surface area (Å²) in [7, 11) is 0. The predicted octanol–water partition coefficient (Wildman–Crippen LogP) is 1.23. The van der Waals surface area contributed by atoms with Gasteiger partial charge < -0.3 is 0 Å². The van der Waals surface area contributed by atoms with E-state index in [1.54, 1.807) is 6.92 Å². The van der Waals surface area contributed by atoms with Gasteiger partial charge in [-0.05, 0) is 12.5 Å². The van der Waals surface area contributed by atoms with Gasteiger partial charge in [-0.15, -0.1) is 0 Å². The molecule has 0 N–H and O–H groups in total. The van der Waals surface area contributed by atoms with Crippen molar-refractivity contribution in [2.75, 3.05) is 0 Å². The van der Waals surface area contributed by atoms with Gasteiger partial charge in [-0.1, -0.05) is 0 Å². The third-order valence-corrected chi connectivity index (χ3v) is 2.39. The maximum atomic E-state index is 11.2. The number of carbonyl (C=O) groups excluding carboxylic acids is 2. The Morgan fingerprint density at radius 2 is 2.17 bits per heavy atom. The van der Waals surface area contributed by atoms with Gasteiger partial charge in [-0.2, -0.15) is 0 Å². The number of aldehydes is 1. The van der Waals surface area contributed by atoms with Gasteiger partial charge in [0.25, 0.3) is 5.69 Å². The van der Waals surface area contributed by atoms with E-state index in [1.165, 1.54) is 12.1 Å². The topological polar surface area (TPSA) is 103 Å². The number of Topliss-reactive ketones (excluding diaryl/α,β-unsaturated/α-hetero) is 1. The maximum absolute atomic E-state index is 11.2. The number of nitrogens with zero attached hydrogens (tertiary/aromatic N) is 3. The van der Waals surface area contributed by atoms with Crippen LogP contribution < -0.4 is 0 Å². The van der Waals surface area contributed by atoms with Gasteiger partial charge in [0.1, 0.15) is 5.69 Å². The number of aryl methyl sites for hydroxylation is 1. The first-order valence-electron chi connectivity index (χ1n) is 4.94. The third-order valence-electron chi connectivity index (χ3n) is 2.39. The van der Waals surface area contributed by atoms with Crippen LogP contribution in [-0.2, 0) is 4.79 Å². The fourth-order valence-electron chi connectivity index (χ4n) is 1.55. The summed E-state index contributed by atoms with van der Waals surface area (Å²) in [6.07, 6.45) is 1.28. The van der Waals surface area contributed by atoms with E-state index < -0.39 is 10.7 Å². The van der Waals surface area contributed by atoms with Crippen LogP contribution in [0.15, 0.2) is 18.3 Å². The lowest BCUT2D eigenvalue weighted by Gasteiger charge is -2.02. The predicted molar refractivity (Wildman–Crippen MR) is 61.3 cm³/mol. The molecule has 0 fully saturated rings. The second-order valence-corrected chi connectivity index (χ2v) is 3.62. The number of carbonyl (C=O) groups is 2. The molecule has 0 amide bonds. The number of hydrogen-bond acceptors (Lipinski definition) is 6. The van der Waals surface area contributed by atoms with Crippen molar-refractivity contribution in [1.29, 1.82) is 0 Å². The van der Waals surface area contributed by atoms with E-state index in [0.29, 0.717) is 16.6 Å². The molecule has 1 aromatic carbocycles.